The largest absolute Gasteiger partial charge is 0.354 e. The molecule has 0 aliphatic carbocycles. The predicted octanol–water partition coefficient (Wildman–Crippen LogP) is 2.28. The number of anilines is 4. The van der Waals surface area contributed by atoms with Crippen molar-refractivity contribution in [2.75, 3.05) is 42.8 Å². The third-order valence-corrected chi connectivity index (χ3v) is 2.86. The van der Waals surface area contributed by atoms with Crippen molar-refractivity contribution >= 4 is 23.5 Å². The molecule has 7 heteroatoms. The van der Waals surface area contributed by atoms with E-state index in [1.54, 1.807) is 17.0 Å². The van der Waals surface area contributed by atoms with Crippen molar-refractivity contribution < 1.29 is 4.39 Å². The van der Waals surface area contributed by atoms with E-state index in [1.807, 2.05) is 33.0 Å². The Morgan fingerprint density at radius 2 is 1.62 bits per heavy atom. The molecule has 0 unspecified atom stereocenters. The molecule has 0 radical (unpaired) electrons. The number of halogens is 1. The van der Waals surface area contributed by atoms with Crippen molar-refractivity contribution in [1.29, 1.82) is 0 Å². The Hall–Kier alpha value is -2.44. The standard InChI is InChI=1S/C14H19FN6/c1-5-16-12-17-13(20(2)3)19-14(18-12)21(4)11-8-6-10(15)7-9-11/h6-9H,5H2,1-4H3,(H,16,17,18,19). The van der Waals surface area contributed by atoms with Crippen molar-refractivity contribution in [3.05, 3.63) is 30.1 Å². The van der Waals surface area contributed by atoms with Gasteiger partial charge in [0, 0.05) is 33.4 Å². The quantitative estimate of drug-likeness (QED) is 0.911. The minimum absolute atomic E-state index is 0.273. The number of aromatic nitrogens is 3. The molecule has 21 heavy (non-hydrogen) atoms. The van der Waals surface area contributed by atoms with Crippen molar-refractivity contribution in [1.82, 2.24) is 15.0 Å². The molecule has 0 aliphatic heterocycles. The van der Waals surface area contributed by atoms with Crippen molar-refractivity contribution in [3.8, 4) is 0 Å². The van der Waals surface area contributed by atoms with Crippen molar-refractivity contribution in [2.45, 2.75) is 6.92 Å². The minimum Gasteiger partial charge on any atom is -0.354 e. The summed E-state index contributed by atoms with van der Waals surface area (Å²) in [5, 5.41) is 3.08. The number of hydrogen-bond acceptors (Lipinski definition) is 6. The molecule has 6 nitrogen and oxygen atoms in total. The molecule has 0 atom stereocenters. The highest BCUT2D eigenvalue weighted by Crippen LogP contribution is 2.22. The highest BCUT2D eigenvalue weighted by atomic mass is 19.1. The second kappa shape index (κ2) is 6.34. The van der Waals surface area contributed by atoms with Crippen LogP contribution in [0.15, 0.2) is 24.3 Å². The van der Waals surface area contributed by atoms with Crippen LogP contribution in [-0.2, 0) is 0 Å². The molecular weight excluding hydrogens is 271 g/mol. The monoisotopic (exact) mass is 290 g/mol. The van der Waals surface area contributed by atoms with E-state index in [2.05, 4.69) is 20.3 Å². The summed E-state index contributed by atoms with van der Waals surface area (Å²) >= 11 is 0. The topological polar surface area (TPSA) is 57.2 Å². The van der Waals surface area contributed by atoms with Crippen molar-refractivity contribution in [3.63, 3.8) is 0 Å². The fourth-order valence-corrected chi connectivity index (χ4v) is 1.72. The zero-order valence-electron chi connectivity index (χ0n) is 12.6. The number of benzene rings is 1. The summed E-state index contributed by atoms with van der Waals surface area (Å²) in [6, 6.07) is 6.18. The maximum absolute atomic E-state index is 13.0. The summed E-state index contributed by atoms with van der Waals surface area (Å²) in [5.74, 6) is 1.30. The number of rotatable bonds is 5. The lowest BCUT2D eigenvalue weighted by atomic mass is 10.3. The van der Waals surface area contributed by atoms with Gasteiger partial charge in [0.2, 0.25) is 17.8 Å². The molecule has 0 saturated carbocycles. The second-order valence-electron chi connectivity index (χ2n) is 4.72. The molecule has 2 aromatic rings. The second-order valence-corrected chi connectivity index (χ2v) is 4.72. The van der Waals surface area contributed by atoms with Gasteiger partial charge >= 0.3 is 0 Å². The third-order valence-electron chi connectivity index (χ3n) is 2.86. The van der Waals surface area contributed by atoms with Gasteiger partial charge in [-0.3, -0.25) is 0 Å². The van der Waals surface area contributed by atoms with Gasteiger partial charge in [0.05, 0.1) is 0 Å². The van der Waals surface area contributed by atoms with Gasteiger partial charge in [-0.1, -0.05) is 0 Å². The number of nitrogens with one attached hydrogen (secondary N) is 1. The van der Waals surface area contributed by atoms with Crippen LogP contribution in [0.2, 0.25) is 0 Å². The Balaban J connectivity index is 2.39. The molecule has 2 rings (SSSR count). The Morgan fingerprint density at radius 1 is 1.00 bits per heavy atom. The molecule has 0 saturated heterocycles. The van der Waals surface area contributed by atoms with Crippen molar-refractivity contribution in [2.24, 2.45) is 0 Å². The SMILES string of the molecule is CCNc1nc(N(C)C)nc(N(C)c2ccc(F)cc2)n1. The van der Waals surface area contributed by atoms with Gasteiger partial charge in [0.25, 0.3) is 0 Å². The average Bonchev–Trinajstić information content (AvgIpc) is 2.47. The van der Waals surface area contributed by atoms with Gasteiger partial charge in [-0.05, 0) is 31.2 Å². The Bertz CT molecular complexity index is 599. The van der Waals surface area contributed by atoms with E-state index in [-0.39, 0.29) is 5.82 Å². The molecule has 0 bridgehead atoms. The number of nitrogens with zero attached hydrogens (tertiary/aromatic N) is 5. The zero-order valence-corrected chi connectivity index (χ0v) is 12.6. The lowest BCUT2D eigenvalue weighted by Gasteiger charge is -2.20. The van der Waals surface area contributed by atoms with E-state index in [0.717, 1.165) is 12.2 Å². The molecule has 112 valence electrons. The van der Waals surface area contributed by atoms with Crippen LogP contribution < -0.4 is 15.1 Å². The molecule has 1 aromatic heterocycles. The summed E-state index contributed by atoms with van der Waals surface area (Å²) in [5.41, 5.74) is 0.801. The highest BCUT2D eigenvalue weighted by molar-refractivity contribution is 5.58. The fourth-order valence-electron chi connectivity index (χ4n) is 1.72. The summed E-state index contributed by atoms with van der Waals surface area (Å²) in [6.07, 6.45) is 0. The van der Waals surface area contributed by atoms with Crippen LogP contribution >= 0.6 is 0 Å². The highest BCUT2D eigenvalue weighted by Gasteiger charge is 2.12. The lowest BCUT2D eigenvalue weighted by molar-refractivity contribution is 0.628. The smallest absolute Gasteiger partial charge is 0.236 e. The Labute approximate surface area is 123 Å². The molecule has 1 heterocycles. The predicted molar refractivity (Wildman–Crippen MR) is 82.8 cm³/mol. The molecule has 0 spiro atoms. The first-order valence-corrected chi connectivity index (χ1v) is 6.68. The van der Waals surface area contributed by atoms with E-state index in [0.29, 0.717) is 17.8 Å². The summed E-state index contributed by atoms with van der Waals surface area (Å²) in [6.45, 7) is 2.69. The van der Waals surface area contributed by atoms with Crippen LogP contribution in [0.5, 0.6) is 0 Å². The van der Waals surface area contributed by atoms with Crippen LogP contribution in [0.4, 0.5) is 27.9 Å². The van der Waals surface area contributed by atoms with E-state index in [9.17, 15) is 4.39 Å². The Morgan fingerprint density at radius 3 is 2.19 bits per heavy atom. The van der Waals surface area contributed by atoms with Gasteiger partial charge < -0.3 is 15.1 Å². The van der Waals surface area contributed by atoms with Crippen LogP contribution in [-0.4, -0.2) is 42.6 Å². The maximum atomic E-state index is 13.0. The molecular formula is C14H19FN6. The fraction of sp³-hybridized carbons (Fsp3) is 0.357. The molecule has 0 amide bonds. The van der Waals surface area contributed by atoms with Crippen LogP contribution in [0, 0.1) is 5.82 Å². The molecule has 1 aromatic carbocycles. The summed E-state index contributed by atoms with van der Waals surface area (Å²) in [4.78, 5) is 16.7. The average molecular weight is 290 g/mol. The first-order chi connectivity index (χ1) is 10.0. The van der Waals surface area contributed by atoms with Gasteiger partial charge in [-0.2, -0.15) is 15.0 Å². The van der Waals surface area contributed by atoms with Crippen LogP contribution in [0.25, 0.3) is 0 Å². The maximum Gasteiger partial charge on any atom is 0.236 e. The normalized spacial score (nSPS) is 10.3. The van der Waals surface area contributed by atoms with Crippen LogP contribution in [0.1, 0.15) is 6.92 Å². The van der Waals surface area contributed by atoms with Gasteiger partial charge in [0.15, 0.2) is 0 Å². The zero-order chi connectivity index (χ0) is 15.4. The van der Waals surface area contributed by atoms with Crippen LogP contribution in [0.3, 0.4) is 0 Å². The van der Waals surface area contributed by atoms with E-state index in [1.165, 1.54) is 12.1 Å². The van der Waals surface area contributed by atoms with Gasteiger partial charge in [-0.15, -0.1) is 0 Å². The first kappa shape index (κ1) is 15.0. The third kappa shape index (κ3) is 3.56. The number of hydrogen-bond donors (Lipinski definition) is 1. The molecule has 0 fully saturated rings. The molecule has 0 aliphatic rings. The summed E-state index contributed by atoms with van der Waals surface area (Å²) < 4.78 is 13.0. The molecule has 1 N–H and O–H groups in total. The minimum atomic E-state index is -0.273. The van der Waals surface area contributed by atoms with E-state index >= 15 is 0 Å². The first-order valence-electron chi connectivity index (χ1n) is 6.68. The van der Waals surface area contributed by atoms with Gasteiger partial charge in [0.1, 0.15) is 5.82 Å². The van der Waals surface area contributed by atoms with E-state index < -0.39 is 0 Å². The van der Waals surface area contributed by atoms with E-state index in [4.69, 9.17) is 0 Å². The Kier molecular flexibility index (Phi) is 4.52. The lowest BCUT2D eigenvalue weighted by Crippen LogP contribution is -2.20. The summed E-state index contributed by atoms with van der Waals surface area (Å²) in [7, 11) is 5.57. The van der Waals surface area contributed by atoms with Gasteiger partial charge in [-0.25, -0.2) is 4.39 Å².